The van der Waals surface area contributed by atoms with Crippen molar-refractivity contribution in [2.75, 3.05) is 12.3 Å². The van der Waals surface area contributed by atoms with E-state index in [0.717, 1.165) is 5.56 Å². The zero-order valence-electron chi connectivity index (χ0n) is 10.9. The van der Waals surface area contributed by atoms with E-state index in [9.17, 15) is 9.90 Å². The first-order valence-corrected chi connectivity index (χ1v) is 7.97. The molecule has 4 rings (SSSR count). The normalized spacial score (nSPS) is 34.7. The second kappa shape index (κ2) is 4.69. The van der Waals surface area contributed by atoms with Gasteiger partial charge >= 0.3 is 0 Å². The minimum Gasteiger partial charge on any atom is -0.366 e. The fourth-order valence-electron chi connectivity index (χ4n) is 2.97. The van der Waals surface area contributed by atoms with E-state index < -0.39 is 5.72 Å². The molecule has 21 heavy (non-hydrogen) atoms. The smallest absolute Gasteiger partial charge is 0.256 e. The van der Waals surface area contributed by atoms with Gasteiger partial charge in [0.05, 0.1) is 11.7 Å². The summed E-state index contributed by atoms with van der Waals surface area (Å²) in [6.07, 6.45) is -0.291. The SMILES string of the molecule is O=C1N=C2SCC(O)(c3ccc(Cl)cc3)N2C2NNCC12. The molecular formula is C13H13ClN4O2S. The van der Waals surface area contributed by atoms with Gasteiger partial charge in [-0.25, -0.2) is 5.43 Å². The molecule has 3 atom stereocenters. The summed E-state index contributed by atoms with van der Waals surface area (Å²) in [6, 6.07) is 7.11. The summed E-state index contributed by atoms with van der Waals surface area (Å²) < 4.78 is 0. The molecule has 2 saturated heterocycles. The first-order valence-electron chi connectivity index (χ1n) is 6.61. The van der Waals surface area contributed by atoms with E-state index in [4.69, 9.17) is 11.6 Å². The van der Waals surface area contributed by atoms with Crippen LogP contribution in [0.15, 0.2) is 29.3 Å². The lowest BCUT2D eigenvalue weighted by atomic mass is 9.98. The lowest BCUT2D eigenvalue weighted by Crippen LogP contribution is -2.59. The number of hydrogen-bond donors (Lipinski definition) is 3. The zero-order valence-corrected chi connectivity index (χ0v) is 12.5. The van der Waals surface area contributed by atoms with Gasteiger partial charge in [0.25, 0.3) is 5.91 Å². The molecular weight excluding hydrogens is 312 g/mol. The third-order valence-corrected chi connectivity index (χ3v) is 5.41. The van der Waals surface area contributed by atoms with E-state index in [1.165, 1.54) is 11.8 Å². The molecule has 3 unspecified atom stereocenters. The van der Waals surface area contributed by atoms with Gasteiger partial charge in [-0.1, -0.05) is 35.5 Å². The summed E-state index contributed by atoms with van der Waals surface area (Å²) in [5, 5.41) is 12.4. The molecule has 0 spiro atoms. The van der Waals surface area contributed by atoms with Crippen LogP contribution in [-0.2, 0) is 10.5 Å². The number of carbonyl (C=O) groups is 1. The number of amidine groups is 1. The summed E-state index contributed by atoms with van der Waals surface area (Å²) >= 11 is 7.31. The first kappa shape index (κ1) is 13.5. The third kappa shape index (κ3) is 1.92. The van der Waals surface area contributed by atoms with Crippen molar-refractivity contribution in [2.45, 2.75) is 11.9 Å². The molecule has 2 fully saturated rings. The number of fused-ring (bicyclic) bond motifs is 3. The van der Waals surface area contributed by atoms with Gasteiger partial charge in [0, 0.05) is 17.1 Å². The summed E-state index contributed by atoms with van der Waals surface area (Å²) in [5.41, 5.74) is 5.59. The molecule has 3 aliphatic heterocycles. The average Bonchev–Trinajstić information content (AvgIpc) is 3.06. The van der Waals surface area contributed by atoms with Crippen LogP contribution in [-0.4, -0.2) is 39.5 Å². The Morgan fingerprint density at radius 3 is 2.95 bits per heavy atom. The van der Waals surface area contributed by atoms with Crippen LogP contribution in [0.5, 0.6) is 0 Å². The second-order valence-corrected chi connectivity index (χ2v) is 6.67. The molecule has 6 nitrogen and oxygen atoms in total. The largest absolute Gasteiger partial charge is 0.366 e. The fraction of sp³-hybridized carbons (Fsp3) is 0.385. The second-order valence-electron chi connectivity index (χ2n) is 5.29. The number of hydrogen-bond acceptors (Lipinski definition) is 6. The van der Waals surface area contributed by atoms with E-state index >= 15 is 0 Å². The minimum atomic E-state index is -1.20. The lowest BCUT2D eigenvalue weighted by Gasteiger charge is -2.41. The molecule has 1 amide bonds. The van der Waals surface area contributed by atoms with Gasteiger partial charge in [0.1, 0.15) is 6.17 Å². The predicted octanol–water partition coefficient (Wildman–Crippen LogP) is 0.480. The summed E-state index contributed by atoms with van der Waals surface area (Å²) in [5.74, 6) is -0.00562. The fourth-order valence-corrected chi connectivity index (χ4v) is 4.29. The zero-order chi connectivity index (χ0) is 14.6. The molecule has 3 N–H and O–H groups in total. The Bertz CT molecular complexity index is 638. The summed E-state index contributed by atoms with van der Waals surface area (Å²) in [6.45, 7) is 0.512. The van der Waals surface area contributed by atoms with Crippen LogP contribution < -0.4 is 10.9 Å². The van der Waals surface area contributed by atoms with Gasteiger partial charge in [-0.2, -0.15) is 4.99 Å². The van der Waals surface area contributed by atoms with Crippen molar-refractivity contribution in [2.24, 2.45) is 10.9 Å². The molecule has 0 bridgehead atoms. The third-order valence-electron chi connectivity index (χ3n) is 4.07. The maximum absolute atomic E-state index is 12.0. The molecule has 1 aromatic carbocycles. The van der Waals surface area contributed by atoms with Gasteiger partial charge in [0.15, 0.2) is 10.9 Å². The lowest BCUT2D eigenvalue weighted by molar-refractivity contribution is -0.129. The van der Waals surface area contributed by atoms with Crippen LogP contribution in [0.25, 0.3) is 0 Å². The van der Waals surface area contributed by atoms with Crippen molar-refractivity contribution < 1.29 is 9.90 Å². The van der Waals surface area contributed by atoms with Crippen molar-refractivity contribution >= 4 is 34.4 Å². The number of nitrogens with zero attached hydrogens (tertiary/aromatic N) is 2. The quantitative estimate of drug-likeness (QED) is 0.697. The minimum absolute atomic E-state index is 0.142. The number of hydrazine groups is 1. The van der Waals surface area contributed by atoms with Gasteiger partial charge in [-0.15, -0.1) is 0 Å². The number of thioether (sulfide) groups is 1. The van der Waals surface area contributed by atoms with Crippen molar-refractivity contribution in [3.8, 4) is 0 Å². The highest BCUT2D eigenvalue weighted by atomic mass is 35.5. The number of benzene rings is 1. The summed E-state index contributed by atoms with van der Waals surface area (Å²) in [7, 11) is 0. The van der Waals surface area contributed by atoms with Crippen LogP contribution in [0.2, 0.25) is 5.02 Å². The molecule has 110 valence electrons. The van der Waals surface area contributed by atoms with Crippen molar-refractivity contribution in [1.82, 2.24) is 15.8 Å². The standard InChI is InChI=1S/C13H13ClN4O2S/c14-8-3-1-7(2-4-8)13(20)6-21-12-16-11(19)9-5-15-17-10(9)18(12)13/h1-4,9-10,15,17,20H,5-6H2. The van der Waals surface area contributed by atoms with Gasteiger partial charge in [-0.05, 0) is 12.1 Å². The Morgan fingerprint density at radius 2 is 2.19 bits per heavy atom. The average molecular weight is 325 g/mol. The number of aliphatic imine (C=N–C) groups is 1. The Morgan fingerprint density at radius 1 is 1.43 bits per heavy atom. The number of aliphatic hydroxyl groups is 1. The van der Waals surface area contributed by atoms with Crippen LogP contribution >= 0.6 is 23.4 Å². The van der Waals surface area contributed by atoms with Crippen LogP contribution in [0.4, 0.5) is 0 Å². The maximum Gasteiger partial charge on any atom is 0.256 e. The van der Waals surface area contributed by atoms with Crippen molar-refractivity contribution in [3.05, 3.63) is 34.9 Å². The number of carbonyl (C=O) groups excluding carboxylic acids is 1. The number of halogens is 1. The van der Waals surface area contributed by atoms with Gasteiger partial charge in [-0.3, -0.25) is 10.2 Å². The Hall–Kier alpha value is -1.12. The molecule has 8 heteroatoms. The van der Waals surface area contributed by atoms with E-state index in [2.05, 4.69) is 15.8 Å². The van der Waals surface area contributed by atoms with E-state index in [-0.39, 0.29) is 18.0 Å². The van der Waals surface area contributed by atoms with Crippen molar-refractivity contribution in [3.63, 3.8) is 0 Å². The monoisotopic (exact) mass is 324 g/mol. The number of rotatable bonds is 1. The van der Waals surface area contributed by atoms with Gasteiger partial charge in [0.2, 0.25) is 0 Å². The Kier molecular flexibility index (Phi) is 3.02. The van der Waals surface area contributed by atoms with Crippen molar-refractivity contribution in [1.29, 1.82) is 0 Å². The predicted molar refractivity (Wildman–Crippen MR) is 80.5 cm³/mol. The Labute approximate surface area is 130 Å². The van der Waals surface area contributed by atoms with Crippen LogP contribution in [0.3, 0.4) is 0 Å². The highest BCUT2D eigenvalue weighted by Gasteiger charge is 2.54. The number of amides is 1. The van der Waals surface area contributed by atoms with Crippen LogP contribution in [0, 0.1) is 5.92 Å². The first-order chi connectivity index (χ1) is 10.1. The highest BCUT2D eigenvalue weighted by molar-refractivity contribution is 8.14. The molecule has 3 heterocycles. The van der Waals surface area contributed by atoms with Crippen LogP contribution in [0.1, 0.15) is 5.56 Å². The maximum atomic E-state index is 12.0. The molecule has 0 radical (unpaired) electrons. The van der Waals surface area contributed by atoms with E-state index in [1.807, 2.05) is 0 Å². The summed E-state index contributed by atoms with van der Waals surface area (Å²) in [4.78, 5) is 17.9. The number of nitrogens with one attached hydrogen (secondary N) is 2. The highest BCUT2D eigenvalue weighted by Crippen LogP contribution is 2.43. The topological polar surface area (TPSA) is 77.0 Å². The molecule has 0 saturated carbocycles. The molecule has 0 aromatic heterocycles. The molecule has 1 aromatic rings. The Balaban J connectivity index is 1.79. The molecule has 0 aliphatic carbocycles. The molecule has 3 aliphatic rings. The van der Waals surface area contributed by atoms with E-state index in [1.54, 1.807) is 29.2 Å². The van der Waals surface area contributed by atoms with E-state index in [0.29, 0.717) is 22.5 Å². The van der Waals surface area contributed by atoms with Gasteiger partial charge < -0.3 is 10.0 Å².